The predicted octanol–water partition coefficient (Wildman–Crippen LogP) is 1.56. The van der Waals surface area contributed by atoms with Crippen molar-refractivity contribution in [2.24, 2.45) is 4.99 Å². The van der Waals surface area contributed by atoms with E-state index in [1.807, 2.05) is 6.92 Å². The van der Waals surface area contributed by atoms with Gasteiger partial charge in [0, 0.05) is 24.9 Å². The van der Waals surface area contributed by atoms with E-state index in [1.54, 1.807) is 18.2 Å². The van der Waals surface area contributed by atoms with Gasteiger partial charge >= 0.3 is 0 Å². The number of nitrogens with one attached hydrogen (secondary N) is 2. The van der Waals surface area contributed by atoms with E-state index >= 15 is 0 Å². The summed E-state index contributed by atoms with van der Waals surface area (Å²) in [5, 5.41) is 6.10. The lowest BCUT2D eigenvalue weighted by molar-refractivity contribution is 0.154. The smallest absolute Gasteiger partial charge is 0.191 e. The topological polar surface area (TPSA) is 79.8 Å². The van der Waals surface area contributed by atoms with Crippen LogP contribution in [0.4, 0.5) is 4.39 Å². The Morgan fingerprint density at radius 1 is 1.25 bits per heavy atom. The third-order valence-corrected chi connectivity index (χ3v) is 3.76. The van der Waals surface area contributed by atoms with E-state index < -0.39 is 9.84 Å². The molecule has 0 aromatic heterocycles. The van der Waals surface area contributed by atoms with Crippen LogP contribution >= 0.6 is 24.0 Å². The van der Waals surface area contributed by atoms with Crippen LogP contribution in [0.3, 0.4) is 0 Å². The lowest BCUT2D eigenvalue weighted by Crippen LogP contribution is -2.39. The number of rotatable bonds is 9. The third-order valence-electron chi connectivity index (χ3n) is 2.85. The summed E-state index contributed by atoms with van der Waals surface area (Å²) in [7, 11) is -3.00. The van der Waals surface area contributed by atoms with E-state index in [9.17, 15) is 12.8 Å². The van der Waals surface area contributed by atoms with Crippen LogP contribution in [-0.2, 0) is 21.1 Å². The molecule has 2 N–H and O–H groups in total. The molecular formula is C15H25FIN3O3S. The Hall–Kier alpha value is -0.940. The maximum absolute atomic E-state index is 13.5. The van der Waals surface area contributed by atoms with Gasteiger partial charge in [0.25, 0.3) is 0 Å². The van der Waals surface area contributed by atoms with Crippen molar-refractivity contribution < 1.29 is 17.5 Å². The lowest BCUT2D eigenvalue weighted by Gasteiger charge is -2.11. The second-order valence-electron chi connectivity index (χ2n) is 4.96. The number of sulfone groups is 1. The molecule has 0 aliphatic carbocycles. The normalized spacial score (nSPS) is 11.7. The quantitative estimate of drug-likeness (QED) is 0.246. The molecule has 0 heterocycles. The molecule has 0 spiro atoms. The average Bonchev–Trinajstić information content (AvgIpc) is 2.48. The monoisotopic (exact) mass is 473 g/mol. The fourth-order valence-corrected chi connectivity index (χ4v) is 2.11. The van der Waals surface area contributed by atoms with E-state index in [-0.39, 0.29) is 48.7 Å². The molecule has 0 saturated heterocycles. The average molecular weight is 473 g/mol. The van der Waals surface area contributed by atoms with Crippen LogP contribution in [0.25, 0.3) is 0 Å². The summed E-state index contributed by atoms with van der Waals surface area (Å²) in [6, 6.07) is 6.50. The van der Waals surface area contributed by atoms with E-state index in [4.69, 9.17) is 4.74 Å². The van der Waals surface area contributed by atoms with Crippen molar-refractivity contribution in [1.29, 1.82) is 0 Å². The minimum absolute atomic E-state index is 0. The molecule has 0 fully saturated rings. The SMILES string of the molecule is CCNC(=NCc1ccccc1F)NCCOCCS(C)(=O)=O.I. The van der Waals surface area contributed by atoms with Crippen molar-refractivity contribution in [3.63, 3.8) is 0 Å². The fraction of sp³-hybridized carbons (Fsp3) is 0.533. The van der Waals surface area contributed by atoms with Crippen LogP contribution < -0.4 is 10.6 Å². The molecule has 0 bridgehead atoms. The van der Waals surface area contributed by atoms with Crippen LogP contribution in [0.5, 0.6) is 0 Å². The van der Waals surface area contributed by atoms with Gasteiger partial charge in [-0.3, -0.25) is 0 Å². The number of ether oxygens (including phenoxy) is 1. The van der Waals surface area contributed by atoms with Gasteiger partial charge in [0.05, 0.1) is 25.5 Å². The molecule has 0 radical (unpaired) electrons. The van der Waals surface area contributed by atoms with Gasteiger partial charge < -0.3 is 15.4 Å². The number of benzene rings is 1. The Bertz CT molecular complexity index is 612. The summed E-state index contributed by atoms with van der Waals surface area (Å²) in [5.41, 5.74) is 0.522. The Morgan fingerprint density at radius 3 is 2.58 bits per heavy atom. The Kier molecular flexibility index (Phi) is 11.9. The fourth-order valence-electron chi connectivity index (χ4n) is 1.69. The summed E-state index contributed by atoms with van der Waals surface area (Å²) < 4.78 is 40.7. The third kappa shape index (κ3) is 10.8. The molecular weight excluding hydrogens is 448 g/mol. The van der Waals surface area contributed by atoms with Gasteiger partial charge in [-0.1, -0.05) is 18.2 Å². The highest BCUT2D eigenvalue weighted by Crippen LogP contribution is 2.07. The van der Waals surface area contributed by atoms with Crippen LogP contribution in [0.2, 0.25) is 0 Å². The number of aliphatic imine (C=N–C) groups is 1. The van der Waals surface area contributed by atoms with Crippen LogP contribution in [-0.4, -0.2) is 52.7 Å². The molecule has 0 atom stereocenters. The number of guanidine groups is 1. The summed E-state index contributed by atoms with van der Waals surface area (Å²) >= 11 is 0. The molecule has 0 aliphatic rings. The Labute approximate surface area is 160 Å². The lowest BCUT2D eigenvalue weighted by atomic mass is 10.2. The molecule has 6 nitrogen and oxygen atoms in total. The van der Waals surface area contributed by atoms with Gasteiger partial charge in [-0.15, -0.1) is 24.0 Å². The standard InChI is InChI=1S/C15H24FN3O3S.HI/c1-3-17-15(18-8-9-22-10-11-23(2,20)21)19-12-13-6-4-5-7-14(13)16;/h4-7H,3,8-12H2,1-2H3,(H2,17,18,19);1H. The Morgan fingerprint density at radius 2 is 1.96 bits per heavy atom. The molecule has 0 aliphatic heterocycles. The zero-order chi connectivity index (χ0) is 17.1. The highest BCUT2D eigenvalue weighted by molar-refractivity contribution is 14.0. The van der Waals surface area contributed by atoms with E-state index in [0.717, 1.165) is 0 Å². The minimum atomic E-state index is -3.00. The van der Waals surface area contributed by atoms with Gasteiger partial charge in [-0.05, 0) is 13.0 Å². The molecule has 1 aromatic carbocycles. The molecule has 24 heavy (non-hydrogen) atoms. The molecule has 1 rings (SSSR count). The number of halogens is 2. The van der Waals surface area contributed by atoms with E-state index in [0.29, 0.717) is 31.2 Å². The van der Waals surface area contributed by atoms with Crippen molar-refractivity contribution in [2.75, 3.05) is 38.3 Å². The van der Waals surface area contributed by atoms with Crippen molar-refractivity contribution in [1.82, 2.24) is 10.6 Å². The van der Waals surface area contributed by atoms with Crippen LogP contribution in [0, 0.1) is 5.82 Å². The highest BCUT2D eigenvalue weighted by atomic mass is 127. The van der Waals surface area contributed by atoms with Crippen molar-refractivity contribution in [3.05, 3.63) is 35.6 Å². The maximum atomic E-state index is 13.5. The summed E-state index contributed by atoms with van der Waals surface area (Å²) in [6.45, 7) is 3.85. The number of hydrogen-bond donors (Lipinski definition) is 2. The van der Waals surface area contributed by atoms with Gasteiger partial charge in [0.15, 0.2) is 5.96 Å². The predicted molar refractivity (Wildman–Crippen MR) is 105 cm³/mol. The maximum Gasteiger partial charge on any atom is 0.191 e. The van der Waals surface area contributed by atoms with Gasteiger partial charge in [0.1, 0.15) is 15.7 Å². The summed E-state index contributed by atoms with van der Waals surface area (Å²) in [5.74, 6) is 0.285. The van der Waals surface area contributed by atoms with Crippen molar-refractivity contribution >= 4 is 39.8 Å². The number of hydrogen-bond acceptors (Lipinski definition) is 4. The summed E-state index contributed by atoms with van der Waals surface area (Å²) in [4.78, 5) is 4.30. The second-order valence-corrected chi connectivity index (χ2v) is 7.22. The zero-order valence-electron chi connectivity index (χ0n) is 13.9. The largest absolute Gasteiger partial charge is 0.379 e. The summed E-state index contributed by atoms with van der Waals surface area (Å²) in [6.07, 6.45) is 1.17. The molecule has 9 heteroatoms. The van der Waals surface area contributed by atoms with Gasteiger partial charge in [-0.2, -0.15) is 0 Å². The molecule has 138 valence electrons. The Balaban J connectivity index is 0.00000529. The first-order chi connectivity index (χ1) is 10.9. The minimum Gasteiger partial charge on any atom is -0.379 e. The molecule has 0 unspecified atom stereocenters. The van der Waals surface area contributed by atoms with E-state index in [2.05, 4.69) is 15.6 Å². The first kappa shape index (κ1) is 23.1. The molecule has 0 saturated carbocycles. The second kappa shape index (κ2) is 12.4. The molecule has 0 amide bonds. The van der Waals surface area contributed by atoms with Gasteiger partial charge in [-0.25, -0.2) is 17.8 Å². The zero-order valence-corrected chi connectivity index (χ0v) is 17.1. The van der Waals surface area contributed by atoms with Gasteiger partial charge in [0.2, 0.25) is 0 Å². The molecule has 1 aromatic rings. The van der Waals surface area contributed by atoms with Crippen LogP contribution in [0.15, 0.2) is 29.3 Å². The van der Waals surface area contributed by atoms with Crippen molar-refractivity contribution in [2.45, 2.75) is 13.5 Å². The first-order valence-corrected chi connectivity index (χ1v) is 9.49. The van der Waals surface area contributed by atoms with Crippen LogP contribution in [0.1, 0.15) is 12.5 Å². The highest BCUT2D eigenvalue weighted by Gasteiger charge is 2.03. The number of nitrogens with zero attached hydrogens (tertiary/aromatic N) is 1. The van der Waals surface area contributed by atoms with Crippen molar-refractivity contribution in [3.8, 4) is 0 Å². The first-order valence-electron chi connectivity index (χ1n) is 7.43. The van der Waals surface area contributed by atoms with E-state index in [1.165, 1.54) is 12.3 Å².